The van der Waals surface area contributed by atoms with Crippen LogP contribution in [-0.4, -0.2) is 23.6 Å². The van der Waals surface area contributed by atoms with Crippen LogP contribution >= 0.6 is 0 Å². The molecule has 1 atom stereocenters. The maximum Gasteiger partial charge on any atom is 0.421 e. The zero-order chi connectivity index (χ0) is 17.7. The number of alkyl halides is 3. The van der Waals surface area contributed by atoms with E-state index < -0.39 is 11.7 Å². The molecule has 2 rings (SSSR count). The summed E-state index contributed by atoms with van der Waals surface area (Å²) in [5, 5.41) is 8.67. The van der Waals surface area contributed by atoms with E-state index in [-0.39, 0.29) is 17.8 Å². The van der Waals surface area contributed by atoms with Crippen molar-refractivity contribution < 1.29 is 13.2 Å². The van der Waals surface area contributed by atoms with Crippen molar-refractivity contribution in [3.63, 3.8) is 0 Å². The van der Waals surface area contributed by atoms with Crippen molar-refractivity contribution in [2.24, 2.45) is 0 Å². The van der Waals surface area contributed by atoms with E-state index in [1.54, 1.807) is 6.92 Å². The summed E-state index contributed by atoms with van der Waals surface area (Å²) in [7, 11) is 1.87. The molecule has 5 nitrogen and oxygen atoms in total. The molecule has 130 valence electrons. The summed E-state index contributed by atoms with van der Waals surface area (Å²) in [6.07, 6.45) is -3.72. The van der Waals surface area contributed by atoms with Crippen LogP contribution in [0.2, 0.25) is 0 Å². The third kappa shape index (κ3) is 4.35. The van der Waals surface area contributed by atoms with Gasteiger partial charge in [0.15, 0.2) is 0 Å². The van der Waals surface area contributed by atoms with Crippen LogP contribution in [0.5, 0.6) is 0 Å². The predicted octanol–water partition coefficient (Wildman–Crippen LogP) is 3.95. The summed E-state index contributed by atoms with van der Waals surface area (Å²) in [6.45, 7) is 4.07. The molecule has 0 aliphatic heterocycles. The Morgan fingerprint density at radius 2 is 1.83 bits per heavy atom. The van der Waals surface area contributed by atoms with E-state index in [0.29, 0.717) is 12.2 Å². The smallest absolute Gasteiger partial charge is 0.370 e. The van der Waals surface area contributed by atoms with Gasteiger partial charge in [-0.2, -0.15) is 18.2 Å². The van der Waals surface area contributed by atoms with Crippen LogP contribution in [0.15, 0.2) is 30.5 Å². The molecule has 0 amide bonds. The molecule has 0 saturated heterocycles. The first kappa shape index (κ1) is 18.0. The standard InChI is InChI=1S/C16H20F3N5/c1-4-21-14-13(16(17,18)19)9-22-15(24-14)23-12-7-5-11(6-8-12)10(2)20-3/h5-10,20H,4H2,1-3H3,(H2,21,22,23,24)/t10-/m1/s1. The third-order valence-corrected chi connectivity index (χ3v) is 3.54. The van der Waals surface area contributed by atoms with E-state index in [4.69, 9.17) is 0 Å². The largest absolute Gasteiger partial charge is 0.421 e. The first-order chi connectivity index (χ1) is 11.3. The van der Waals surface area contributed by atoms with Gasteiger partial charge in [-0.25, -0.2) is 4.98 Å². The van der Waals surface area contributed by atoms with Gasteiger partial charge in [0, 0.05) is 24.5 Å². The fourth-order valence-electron chi connectivity index (χ4n) is 2.10. The van der Waals surface area contributed by atoms with E-state index in [9.17, 15) is 13.2 Å². The lowest BCUT2D eigenvalue weighted by Gasteiger charge is -2.14. The number of hydrogen-bond donors (Lipinski definition) is 3. The van der Waals surface area contributed by atoms with Gasteiger partial charge in [0.25, 0.3) is 0 Å². The van der Waals surface area contributed by atoms with E-state index >= 15 is 0 Å². The Kier molecular flexibility index (Phi) is 5.61. The highest BCUT2D eigenvalue weighted by atomic mass is 19.4. The quantitative estimate of drug-likeness (QED) is 0.744. The number of hydrogen-bond acceptors (Lipinski definition) is 5. The maximum atomic E-state index is 12.9. The molecule has 2 aromatic rings. The number of rotatable bonds is 6. The minimum Gasteiger partial charge on any atom is -0.370 e. The average Bonchev–Trinajstić information content (AvgIpc) is 2.54. The second-order valence-electron chi connectivity index (χ2n) is 5.24. The van der Waals surface area contributed by atoms with Gasteiger partial charge in [-0.05, 0) is 38.6 Å². The Morgan fingerprint density at radius 3 is 2.38 bits per heavy atom. The Morgan fingerprint density at radius 1 is 1.17 bits per heavy atom. The lowest BCUT2D eigenvalue weighted by Crippen LogP contribution is -2.14. The Labute approximate surface area is 138 Å². The number of halogens is 3. The number of nitrogens with one attached hydrogen (secondary N) is 3. The fraction of sp³-hybridized carbons (Fsp3) is 0.375. The van der Waals surface area contributed by atoms with Crippen molar-refractivity contribution in [2.45, 2.75) is 26.1 Å². The Balaban J connectivity index is 2.22. The molecule has 0 aliphatic rings. The molecule has 1 aromatic heterocycles. The average molecular weight is 339 g/mol. The van der Waals surface area contributed by atoms with Crippen molar-refractivity contribution >= 4 is 17.5 Å². The predicted molar refractivity (Wildman–Crippen MR) is 88.4 cm³/mol. The van der Waals surface area contributed by atoms with Gasteiger partial charge in [-0.15, -0.1) is 0 Å². The van der Waals surface area contributed by atoms with Gasteiger partial charge in [-0.1, -0.05) is 12.1 Å². The molecule has 0 radical (unpaired) electrons. The van der Waals surface area contributed by atoms with Crippen LogP contribution < -0.4 is 16.0 Å². The number of aromatic nitrogens is 2. The van der Waals surface area contributed by atoms with Gasteiger partial charge < -0.3 is 16.0 Å². The SMILES string of the molecule is CCNc1nc(Nc2ccc([C@@H](C)NC)cc2)ncc1C(F)(F)F. The lowest BCUT2D eigenvalue weighted by molar-refractivity contribution is -0.137. The molecule has 0 bridgehead atoms. The minimum absolute atomic E-state index is 0.105. The van der Waals surface area contributed by atoms with Gasteiger partial charge in [0.05, 0.1) is 0 Å². The Hall–Kier alpha value is -2.35. The highest BCUT2D eigenvalue weighted by Gasteiger charge is 2.35. The fourth-order valence-corrected chi connectivity index (χ4v) is 2.10. The molecule has 0 spiro atoms. The summed E-state index contributed by atoms with van der Waals surface area (Å²) in [6, 6.07) is 7.73. The van der Waals surface area contributed by atoms with Crippen molar-refractivity contribution in [3.8, 4) is 0 Å². The molecule has 0 aliphatic carbocycles. The summed E-state index contributed by atoms with van der Waals surface area (Å²) < 4.78 is 38.8. The second-order valence-corrected chi connectivity index (χ2v) is 5.24. The molecule has 24 heavy (non-hydrogen) atoms. The van der Waals surface area contributed by atoms with Crippen molar-refractivity contribution in [2.75, 3.05) is 24.2 Å². The Bertz CT molecular complexity index is 670. The van der Waals surface area contributed by atoms with Crippen LogP contribution in [0.1, 0.15) is 31.0 Å². The summed E-state index contributed by atoms with van der Waals surface area (Å²) >= 11 is 0. The highest BCUT2D eigenvalue weighted by molar-refractivity contribution is 5.57. The lowest BCUT2D eigenvalue weighted by atomic mass is 10.1. The zero-order valence-corrected chi connectivity index (χ0v) is 13.7. The highest BCUT2D eigenvalue weighted by Crippen LogP contribution is 2.34. The molecule has 3 N–H and O–H groups in total. The van der Waals surface area contributed by atoms with Gasteiger partial charge in [0.1, 0.15) is 11.4 Å². The van der Waals surface area contributed by atoms with E-state index in [1.165, 1.54) is 0 Å². The van der Waals surface area contributed by atoms with Crippen LogP contribution in [0.3, 0.4) is 0 Å². The van der Waals surface area contributed by atoms with E-state index in [1.807, 2.05) is 38.2 Å². The molecule has 1 heterocycles. The van der Waals surface area contributed by atoms with Crippen molar-refractivity contribution in [1.82, 2.24) is 15.3 Å². The zero-order valence-electron chi connectivity index (χ0n) is 13.7. The van der Waals surface area contributed by atoms with Crippen molar-refractivity contribution in [3.05, 3.63) is 41.6 Å². The molecular weight excluding hydrogens is 319 g/mol. The van der Waals surface area contributed by atoms with Gasteiger partial charge in [-0.3, -0.25) is 0 Å². The monoisotopic (exact) mass is 339 g/mol. The van der Waals surface area contributed by atoms with Crippen molar-refractivity contribution in [1.29, 1.82) is 0 Å². The third-order valence-electron chi connectivity index (χ3n) is 3.54. The van der Waals surface area contributed by atoms with E-state index in [0.717, 1.165) is 11.8 Å². The van der Waals surface area contributed by atoms with Crippen LogP contribution in [0, 0.1) is 0 Å². The topological polar surface area (TPSA) is 61.9 Å². The summed E-state index contributed by atoms with van der Waals surface area (Å²) in [5.74, 6) is -0.128. The first-order valence-corrected chi connectivity index (χ1v) is 7.57. The number of anilines is 3. The van der Waals surface area contributed by atoms with Crippen LogP contribution in [0.25, 0.3) is 0 Å². The molecule has 8 heteroatoms. The second kappa shape index (κ2) is 7.48. The summed E-state index contributed by atoms with van der Waals surface area (Å²) in [5.41, 5.74) is 0.919. The normalized spacial score (nSPS) is 12.8. The first-order valence-electron chi connectivity index (χ1n) is 7.57. The molecule has 0 fully saturated rings. The molecule has 1 aromatic carbocycles. The van der Waals surface area contributed by atoms with Crippen LogP contribution in [0.4, 0.5) is 30.6 Å². The number of benzene rings is 1. The van der Waals surface area contributed by atoms with E-state index in [2.05, 4.69) is 25.9 Å². The molecule has 0 unspecified atom stereocenters. The maximum absolute atomic E-state index is 12.9. The van der Waals surface area contributed by atoms with Crippen LogP contribution in [-0.2, 0) is 6.18 Å². The summed E-state index contributed by atoms with van der Waals surface area (Å²) in [4.78, 5) is 7.69. The number of nitrogens with zero attached hydrogens (tertiary/aromatic N) is 2. The molecular formula is C16H20F3N5. The molecule has 0 saturated carbocycles. The minimum atomic E-state index is -4.50. The van der Waals surface area contributed by atoms with Gasteiger partial charge >= 0.3 is 6.18 Å². The van der Waals surface area contributed by atoms with Gasteiger partial charge in [0.2, 0.25) is 5.95 Å².